The first-order valence-electron chi connectivity index (χ1n) is 9.06. The number of hydrogen-bond donors (Lipinski definition) is 1. The monoisotopic (exact) mass is 382 g/mol. The van der Waals surface area contributed by atoms with Crippen molar-refractivity contribution in [2.24, 2.45) is 0 Å². The Hall–Kier alpha value is -2.49. The third-order valence-electron chi connectivity index (χ3n) is 4.40. The summed E-state index contributed by atoms with van der Waals surface area (Å²) >= 11 is 6.47. The van der Waals surface area contributed by atoms with E-state index in [1.807, 2.05) is 42.5 Å². The zero-order chi connectivity index (χ0) is 19.1. The van der Waals surface area contributed by atoms with Crippen LogP contribution in [-0.4, -0.2) is 7.11 Å². The number of nitrogens with two attached hydrogens (primary N) is 1. The second kappa shape index (κ2) is 9.45. The third-order valence-corrected chi connectivity index (χ3v) is 4.68. The summed E-state index contributed by atoms with van der Waals surface area (Å²) in [5.74, 6) is 1.25. The molecule has 0 fully saturated rings. The van der Waals surface area contributed by atoms with Crippen LogP contribution in [-0.2, 0) is 19.7 Å². The Morgan fingerprint density at radius 2 is 1.56 bits per heavy atom. The summed E-state index contributed by atoms with van der Waals surface area (Å²) in [5, 5.41) is 2.82. The van der Waals surface area contributed by atoms with Gasteiger partial charge in [0.2, 0.25) is 0 Å². The first-order chi connectivity index (χ1) is 13.2. The first kappa shape index (κ1) is 19.3. The lowest BCUT2D eigenvalue weighted by Gasteiger charge is -2.14. The largest absolute Gasteiger partial charge is 0.493 e. The van der Waals surface area contributed by atoms with Gasteiger partial charge in [0.1, 0.15) is 19.7 Å². The van der Waals surface area contributed by atoms with Gasteiger partial charge in [-0.25, -0.2) is 0 Å². The molecule has 3 aromatic carbocycles. The molecule has 2 N–H and O–H groups in total. The summed E-state index contributed by atoms with van der Waals surface area (Å²) < 4.78 is 11.4. The fourth-order valence-electron chi connectivity index (χ4n) is 2.89. The lowest BCUT2D eigenvalue weighted by atomic mass is 10.1. The normalized spacial score (nSPS) is 10.6. The van der Waals surface area contributed by atoms with Gasteiger partial charge in [0.25, 0.3) is 0 Å². The molecule has 0 bridgehead atoms. The van der Waals surface area contributed by atoms with Crippen molar-refractivity contribution in [2.75, 3.05) is 7.11 Å². The lowest BCUT2D eigenvalue weighted by molar-refractivity contribution is -0.686. The fraction of sp³-hybridized carbons (Fsp3) is 0.217. The van der Waals surface area contributed by atoms with Crippen LogP contribution in [0.5, 0.6) is 11.5 Å². The van der Waals surface area contributed by atoms with Crippen molar-refractivity contribution in [1.29, 1.82) is 0 Å². The molecule has 0 aliphatic rings. The van der Waals surface area contributed by atoms with Crippen molar-refractivity contribution < 1.29 is 14.8 Å². The summed E-state index contributed by atoms with van der Waals surface area (Å²) in [5.41, 5.74) is 4.78. The van der Waals surface area contributed by atoms with Gasteiger partial charge in [-0.2, -0.15) is 0 Å². The molecule has 0 aliphatic carbocycles. The Balaban J connectivity index is 1.63. The molecule has 3 aromatic rings. The number of benzene rings is 3. The Kier molecular flexibility index (Phi) is 6.74. The molecule has 0 aromatic heterocycles. The smallest absolute Gasteiger partial charge is 0.180 e. The van der Waals surface area contributed by atoms with Crippen LogP contribution in [0.15, 0.2) is 66.7 Å². The number of hydrogen-bond acceptors (Lipinski definition) is 2. The first-order valence-corrected chi connectivity index (χ1v) is 9.44. The van der Waals surface area contributed by atoms with Gasteiger partial charge in [0.15, 0.2) is 11.5 Å². The third kappa shape index (κ3) is 5.49. The van der Waals surface area contributed by atoms with Crippen molar-refractivity contribution in [2.45, 2.75) is 26.6 Å². The van der Waals surface area contributed by atoms with E-state index in [9.17, 15) is 0 Å². The van der Waals surface area contributed by atoms with Gasteiger partial charge in [0, 0.05) is 11.1 Å². The van der Waals surface area contributed by atoms with Gasteiger partial charge < -0.3 is 14.8 Å². The maximum atomic E-state index is 6.47. The van der Waals surface area contributed by atoms with E-state index in [-0.39, 0.29) is 0 Å². The molecular formula is C23H25ClNO2+. The van der Waals surface area contributed by atoms with Crippen molar-refractivity contribution in [1.82, 2.24) is 0 Å². The summed E-state index contributed by atoms with van der Waals surface area (Å²) in [6, 6.07) is 22.6. The Morgan fingerprint density at radius 1 is 0.852 bits per heavy atom. The highest BCUT2D eigenvalue weighted by Crippen LogP contribution is 2.36. The SMILES string of the molecule is COc1cc(C[NH2+]Cc2ccc(C)cc2)cc(Cl)c1OCc1ccccc1. The number of methoxy groups -OCH3 is 1. The minimum absolute atomic E-state index is 0.454. The standard InChI is InChI=1S/C23H24ClNO2/c1-17-8-10-18(11-9-17)14-25-15-20-12-21(24)23(22(13-20)26-2)27-16-19-6-4-3-5-7-19/h3-13,25H,14-16H2,1-2H3/p+1. The minimum Gasteiger partial charge on any atom is -0.493 e. The van der Waals surface area contributed by atoms with E-state index < -0.39 is 0 Å². The van der Waals surface area contributed by atoms with Gasteiger partial charge in [-0.05, 0) is 24.6 Å². The minimum atomic E-state index is 0.454. The molecule has 27 heavy (non-hydrogen) atoms. The zero-order valence-corrected chi connectivity index (χ0v) is 16.5. The summed E-state index contributed by atoms with van der Waals surface area (Å²) in [6.07, 6.45) is 0. The van der Waals surface area contributed by atoms with Crippen LogP contribution in [0, 0.1) is 6.92 Å². The zero-order valence-electron chi connectivity index (χ0n) is 15.7. The van der Waals surface area contributed by atoms with E-state index in [2.05, 4.69) is 36.5 Å². The van der Waals surface area contributed by atoms with Crippen LogP contribution >= 0.6 is 11.6 Å². The highest BCUT2D eigenvalue weighted by Gasteiger charge is 2.13. The van der Waals surface area contributed by atoms with Crippen LogP contribution in [0.4, 0.5) is 0 Å². The Labute approximate surface area is 165 Å². The number of ether oxygens (including phenoxy) is 2. The van der Waals surface area contributed by atoms with Crippen molar-refractivity contribution >= 4 is 11.6 Å². The van der Waals surface area contributed by atoms with E-state index in [1.54, 1.807) is 7.11 Å². The van der Waals surface area contributed by atoms with E-state index in [1.165, 1.54) is 11.1 Å². The number of rotatable bonds is 8. The van der Waals surface area contributed by atoms with E-state index >= 15 is 0 Å². The van der Waals surface area contributed by atoms with Crippen LogP contribution in [0.1, 0.15) is 22.3 Å². The number of aryl methyl sites for hydroxylation is 1. The van der Waals surface area contributed by atoms with Gasteiger partial charge in [-0.1, -0.05) is 71.8 Å². The van der Waals surface area contributed by atoms with Crippen molar-refractivity contribution in [3.8, 4) is 11.5 Å². The molecule has 140 valence electrons. The molecule has 0 radical (unpaired) electrons. The van der Waals surface area contributed by atoms with Crippen molar-refractivity contribution in [3.63, 3.8) is 0 Å². The molecule has 4 heteroatoms. The lowest BCUT2D eigenvalue weighted by Crippen LogP contribution is -2.80. The highest BCUT2D eigenvalue weighted by molar-refractivity contribution is 6.32. The molecule has 3 rings (SSSR count). The quantitative estimate of drug-likeness (QED) is 0.622. The summed E-state index contributed by atoms with van der Waals surface area (Å²) in [6.45, 7) is 4.30. The molecule has 0 saturated carbocycles. The molecule has 0 heterocycles. The van der Waals surface area contributed by atoms with E-state index in [4.69, 9.17) is 21.1 Å². The molecule has 3 nitrogen and oxygen atoms in total. The molecule has 0 amide bonds. The highest BCUT2D eigenvalue weighted by atomic mass is 35.5. The average Bonchev–Trinajstić information content (AvgIpc) is 2.69. The van der Waals surface area contributed by atoms with Gasteiger partial charge in [-0.3, -0.25) is 0 Å². The number of quaternary nitrogens is 1. The van der Waals surface area contributed by atoms with Crippen LogP contribution in [0.2, 0.25) is 5.02 Å². The van der Waals surface area contributed by atoms with Crippen LogP contribution < -0.4 is 14.8 Å². The molecule has 0 saturated heterocycles. The molecular weight excluding hydrogens is 358 g/mol. The van der Waals surface area contributed by atoms with Crippen LogP contribution in [0.3, 0.4) is 0 Å². The second-order valence-electron chi connectivity index (χ2n) is 6.57. The molecule has 0 atom stereocenters. The predicted molar refractivity (Wildman–Crippen MR) is 109 cm³/mol. The predicted octanol–water partition coefficient (Wildman–Crippen LogP) is 4.50. The van der Waals surface area contributed by atoms with E-state index in [0.717, 1.165) is 24.2 Å². The Morgan fingerprint density at radius 3 is 2.26 bits per heavy atom. The van der Waals surface area contributed by atoms with Gasteiger partial charge in [-0.15, -0.1) is 0 Å². The van der Waals surface area contributed by atoms with Gasteiger partial charge >= 0.3 is 0 Å². The average molecular weight is 383 g/mol. The molecule has 0 spiro atoms. The maximum Gasteiger partial charge on any atom is 0.180 e. The van der Waals surface area contributed by atoms with Crippen molar-refractivity contribution in [3.05, 3.63) is 94.0 Å². The molecule has 0 unspecified atom stereocenters. The van der Waals surface area contributed by atoms with Crippen LogP contribution in [0.25, 0.3) is 0 Å². The maximum absolute atomic E-state index is 6.47. The second-order valence-corrected chi connectivity index (χ2v) is 6.97. The summed E-state index contributed by atoms with van der Waals surface area (Å²) in [4.78, 5) is 0. The van der Waals surface area contributed by atoms with E-state index in [0.29, 0.717) is 23.1 Å². The molecule has 0 aliphatic heterocycles. The Bertz CT molecular complexity index is 864. The fourth-order valence-corrected chi connectivity index (χ4v) is 3.18. The summed E-state index contributed by atoms with van der Waals surface area (Å²) in [7, 11) is 1.64. The number of halogens is 1. The van der Waals surface area contributed by atoms with Gasteiger partial charge in [0.05, 0.1) is 12.1 Å². The topological polar surface area (TPSA) is 35.1 Å².